The van der Waals surface area contributed by atoms with Gasteiger partial charge in [-0.3, -0.25) is 4.79 Å². The summed E-state index contributed by atoms with van der Waals surface area (Å²) in [5.74, 6) is -0.293. The fourth-order valence-corrected chi connectivity index (χ4v) is 3.43. The zero-order valence-corrected chi connectivity index (χ0v) is 19.3. The van der Waals surface area contributed by atoms with E-state index in [0.29, 0.717) is 33.7 Å². The third-order valence-corrected chi connectivity index (χ3v) is 5.13. The van der Waals surface area contributed by atoms with E-state index in [1.807, 2.05) is 13.0 Å². The minimum absolute atomic E-state index is 0.146. The van der Waals surface area contributed by atoms with Crippen molar-refractivity contribution in [2.45, 2.75) is 26.4 Å². The summed E-state index contributed by atoms with van der Waals surface area (Å²) in [6.45, 7) is 3.26. The molecule has 0 aliphatic carbocycles. The first-order valence-electron chi connectivity index (χ1n) is 9.27. The largest absolute Gasteiger partial charge is 0.493 e. The monoisotopic (exact) mass is 507 g/mol. The molecule has 1 aromatic heterocycles. The molecule has 31 heavy (non-hydrogen) atoms. The van der Waals surface area contributed by atoms with Crippen molar-refractivity contribution in [3.63, 3.8) is 0 Å². The number of carbonyl (C=O) groups is 1. The van der Waals surface area contributed by atoms with E-state index in [1.54, 1.807) is 18.2 Å². The lowest BCUT2D eigenvalue weighted by Crippen LogP contribution is -2.24. The second kappa shape index (κ2) is 9.49. The molecule has 162 valence electrons. The van der Waals surface area contributed by atoms with Crippen molar-refractivity contribution in [2.75, 3.05) is 7.11 Å². The molecule has 0 radical (unpaired) electrons. The van der Waals surface area contributed by atoms with Gasteiger partial charge >= 0.3 is 5.97 Å². The van der Waals surface area contributed by atoms with Gasteiger partial charge in [-0.25, -0.2) is 9.78 Å². The summed E-state index contributed by atoms with van der Waals surface area (Å²) in [5.41, 5.74) is 0.579. The van der Waals surface area contributed by atoms with Crippen LogP contribution < -0.4 is 15.0 Å². The number of hydrogen-bond donors (Lipinski definition) is 1. The van der Waals surface area contributed by atoms with Crippen molar-refractivity contribution < 1.29 is 19.4 Å². The number of hydrogen-bond acceptors (Lipinski definition) is 6. The van der Waals surface area contributed by atoms with E-state index in [4.69, 9.17) is 21.1 Å². The van der Waals surface area contributed by atoms with Gasteiger partial charge in [0.15, 0.2) is 17.6 Å². The first kappa shape index (κ1) is 22.8. The number of methoxy groups -OCH3 is 1. The van der Waals surface area contributed by atoms with Crippen molar-refractivity contribution >= 4 is 50.6 Å². The Morgan fingerprint density at radius 1 is 1.39 bits per heavy atom. The maximum atomic E-state index is 13.1. The number of rotatable bonds is 7. The Hall–Kier alpha value is -2.91. The van der Waals surface area contributed by atoms with Crippen molar-refractivity contribution in [3.05, 3.63) is 61.6 Å². The smallest absolute Gasteiger partial charge is 0.344 e. The second-order valence-corrected chi connectivity index (χ2v) is 7.88. The molecule has 0 bridgehead atoms. The Kier molecular flexibility index (Phi) is 6.97. The number of benzene rings is 2. The van der Waals surface area contributed by atoms with Crippen LogP contribution in [0.5, 0.6) is 11.5 Å². The molecule has 1 N–H and O–H groups in total. The summed E-state index contributed by atoms with van der Waals surface area (Å²) < 4.78 is 12.8. The van der Waals surface area contributed by atoms with Gasteiger partial charge in [-0.15, -0.1) is 0 Å². The maximum absolute atomic E-state index is 13.1. The first-order chi connectivity index (χ1) is 14.7. The van der Waals surface area contributed by atoms with Gasteiger partial charge in [0.25, 0.3) is 5.56 Å². The van der Waals surface area contributed by atoms with E-state index in [2.05, 4.69) is 26.0 Å². The third-order valence-electron chi connectivity index (χ3n) is 4.41. The molecule has 10 heteroatoms. The Labute approximate surface area is 191 Å². The van der Waals surface area contributed by atoms with Gasteiger partial charge in [0.2, 0.25) is 0 Å². The molecule has 3 rings (SSSR count). The molecule has 1 atom stereocenters. The molecule has 0 amide bonds. The van der Waals surface area contributed by atoms with E-state index in [0.717, 1.165) is 4.47 Å². The molecule has 0 aliphatic rings. The average molecular weight is 509 g/mol. The summed E-state index contributed by atoms with van der Waals surface area (Å²) in [6.07, 6.45) is 0.692. The highest BCUT2D eigenvalue weighted by atomic mass is 79.9. The van der Waals surface area contributed by atoms with Crippen LogP contribution in [0.2, 0.25) is 5.02 Å². The van der Waals surface area contributed by atoms with Crippen LogP contribution in [0.25, 0.3) is 10.9 Å². The molecule has 1 heterocycles. The van der Waals surface area contributed by atoms with Gasteiger partial charge in [0.05, 0.1) is 24.2 Å². The maximum Gasteiger partial charge on any atom is 0.344 e. The van der Waals surface area contributed by atoms with Crippen LogP contribution in [0.3, 0.4) is 0 Å². The normalized spacial score (nSPS) is 12.3. The highest BCUT2D eigenvalue weighted by molar-refractivity contribution is 9.10. The number of ether oxygens (including phenoxy) is 2. The first-order valence-corrected chi connectivity index (χ1v) is 10.4. The zero-order valence-electron chi connectivity index (χ0n) is 16.9. The SMILES string of the molecule is CCc1nc2ccc(Br)cc2c(=O)n1N=Cc1cc(Cl)cc(OC)c1O[C@@H](C)C(=O)O. The van der Waals surface area contributed by atoms with Gasteiger partial charge in [-0.1, -0.05) is 34.5 Å². The Morgan fingerprint density at radius 2 is 2.13 bits per heavy atom. The number of halogens is 2. The summed E-state index contributed by atoms with van der Waals surface area (Å²) in [7, 11) is 1.41. The van der Waals surface area contributed by atoms with Crippen LogP contribution in [0.1, 0.15) is 25.2 Å². The van der Waals surface area contributed by atoms with Crippen molar-refractivity contribution in [1.29, 1.82) is 0 Å². The Balaban J connectivity index is 2.16. The highest BCUT2D eigenvalue weighted by Gasteiger charge is 2.19. The van der Waals surface area contributed by atoms with Crippen molar-refractivity contribution in [1.82, 2.24) is 9.66 Å². The van der Waals surface area contributed by atoms with Gasteiger partial charge in [-0.2, -0.15) is 9.78 Å². The highest BCUT2D eigenvalue weighted by Crippen LogP contribution is 2.34. The van der Waals surface area contributed by atoms with Gasteiger partial charge < -0.3 is 14.6 Å². The number of aliphatic carboxylic acids is 1. The summed E-state index contributed by atoms with van der Waals surface area (Å²) >= 11 is 9.53. The number of nitrogens with zero attached hydrogens (tertiary/aromatic N) is 3. The zero-order chi connectivity index (χ0) is 22.7. The number of aromatic nitrogens is 2. The molecular weight excluding hydrogens is 490 g/mol. The van der Waals surface area contributed by atoms with E-state index >= 15 is 0 Å². The fraction of sp³-hybridized carbons (Fsp3) is 0.238. The van der Waals surface area contributed by atoms with Gasteiger partial charge in [0.1, 0.15) is 5.82 Å². The van der Waals surface area contributed by atoms with Crippen molar-refractivity contribution in [3.8, 4) is 11.5 Å². The van der Waals surface area contributed by atoms with E-state index in [-0.39, 0.29) is 17.1 Å². The lowest BCUT2D eigenvalue weighted by Gasteiger charge is -2.16. The standard InChI is InChI=1S/C21H19BrClN3O5/c1-4-18-25-16-6-5-13(22)8-15(16)20(27)26(18)24-10-12-7-14(23)9-17(30-3)19(12)31-11(2)21(28)29/h5-11H,4H2,1-3H3,(H,28,29)/t11-/m0/s1. The topological polar surface area (TPSA) is 103 Å². The predicted octanol–water partition coefficient (Wildman–Crippen LogP) is 4.12. The summed E-state index contributed by atoms with van der Waals surface area (Å²) in [5, 5.41) is 14.3. The Bertz CT molecular complexity index is 1240. The molecule has 3 aromatic rings. The van der Waals surface area contributed by atoms with Gasteiger partial charge in [0, 0.05) is 27.5 Å². The fourth-order valence-electron chi connectivity index (χ4n) is 2.85. The summed E-state index contributed by atoms with van der Waals surface area (Å²) in [4.78, 5) is 28.8. The van der Waals surface area contributed by atoms with Crippen molar-refractivity contribution in [2.24, 2.45) is 5.10 Å². The second-order valence-electron chi connectivity index (χ2n) is 6.53. The lowest BCUT2D eigenvalue weighted by molar-refractivity contribution is -0.144. The molecule has 0 spiro atoms. The van der Waals surface area contributed by atoms with E-state index in [9.17, 15) is 14.7 Å². The predicted molar refractivity (Wildman–Crippen MR) is 122 cm³/mol. The van der Waals surface area contributed by atoms with Crippen LogP contribution >= 0.6 is 27.5 Å². The lowest BCUT2D eigenvalue weighted by atomic mass is 10.2. The summed E-state index contributed by atoms with van der Waals surface area (Å²) in [6, 6.07) is 8.30. The van der Waals surface area contributed by atoms with E-state index < -0.39 is 12.1 Å². The minimum atomic E-state index is -1.14. The number of carboxylic acids is 1. The molecule has 8 nitrogen and oxygen atoms in total. The average Bonchev–Trinajstić information content (AvgIpc) is 2.74. The molecule has 0 fully saturated rings. The van der Waals surface area contributed by atoms with Crippen LogP contribution in [0.4, 0.5) is 0 Å². The molecule has 0 saturated heterocycles. The van der Waals surface area contributed by atoms with Crippen LogP contribution in [0.15, 0.2) is 44.7 Å². The van der Waals surface area contributed by atoms with Crippen LogP contribution in [-0.2, 0) is 11.2 Å². The third kappa shape index (κ3) is 4.88. The number of fused-ring (bicyclic) bond motifs is 1. The van der Waals surface area contributed by atoms with Crippen LogP contribution in [-0.4, -0.2) is 40.2 Å². The number of carboxylic acid groups (broad SMARTS) is 1. The molecule has 0 aliphatic heterocycles. The Morgan fingerprint density at radius 3 is 2.77 bits per heavy atom. The molecule has 0 unspecified atom stereocenters. The van der Waals surface area contributed by atoms with Crippen LogP contribution in [0, 0.1) is 0 Å². The molecular formula is C21H19BrClN3O5. The molecule has 2 aromatic carbocycles. The number of aryl methyl sites for hydroxylation is 1. The van der Waals surface area contributed by atoms with Gasteiger partial charge in [-0.05, 0) is 31.2 Å². The van der Waals surface area contributed by atoms with E-state index in [1.165, 1.54) is 31.0 Å². The molecule has 0 saturated carbocycles. The minimum Gasteiger partial charge on any atom is -0.493 e. The quantitative estimate of drug-likeness (QED) is 0.482.